The Labute approximate surface area is 147 Å². The van der Waals surface area contributed by atoms with Crippen LogP contribution in [-0.4, -0.2) is 25.6 Å². The largest absolute Gasteiger partial charge is 0.497 e. The fourth-order valence-corrected chi connectivity index (χ4v) is 2.31. The molecule has 25 heavy (non-hydrogen) atoms. The lowest BCUT2D eigenvalue weighted by Crippen LogP contribution is -2.32. The minimum absolute atomic E-state index is 0.163. The van der Waals surface area contributed by atoms with Gasteiger partial charge in [0.25, 0.3) is 5.91 Å². The van der Waals surface area contributed by atoms with E-state index in [0.717, 1.165) is 0 Å². The van der Waals surface area contributed by atoms with Gasteiger partial charge in [-0.25, -0.2) is 4.79 Å². The lowest BCUT2D eigenvalue weighted by atomic mass is 9.99. The minimum atomic E-state index is -0.697. The number of carbonyl (C=O) groups excluding carboxylic acids is 2. The van der Waals surface area contributed by atoms with Gasteiger partial charge < -0.3 is 14.8 Å². The summed E-state index contributed by atoms with van der Waals surface area (Å²) in [6, 6.07) is 15.2. The lowest BCUT2D eigenvalue weighted by Gasteiger charge is -2.21. The molecule has 5 nitrogen and oxygen atoms in total. The molecule has 1 N–H and O–H groups in total. The van der Waals surface area contributed by atoms with E-state index in [9.17, 15) is 9.59 Å². The third-order valence-electron chi connectivity index (χ3n) is 3.65. The van der Waals surface area contributed by atoms with E-state index in [1.54, 1.807) is 62.6 Å². The van der Waals surface area contributed by atoms with E-state index in [4.69, 9.17) is 9.47 Å². The number of carbonyl (C=O) groups is 2. The topological polar surface area (TPSA) is 64.6 Å². The Balaban J connectivity index is 2.29. The van der Waals surface area contributed by atoms with E-state index in [0.29, 0.717) is 16.9 Å². The number of hydrogen-bond donors (Lipinski definition) is 1. The first-order valence-electron chi connectivity index (χ1n) is 7.92. The Morgan fingerprint density at radius 1 is 1.08 bits per heavy atom. The molecule has 130 valence electrons. The summed E-state index contributed by atoms with van der Waals surface area (Å²) in [6.45, 7) is 5.77. The zero-order valence-electron chi connectivity index (χ0n) is 14.3. The van der Waals surface area contributed by atoms with Crippen LogP contribution in [0.25, 0.3) is 0 Å². The maximum Gasteiger partial charge on any atom is 0.335 e. The summed E-state index contributed by atoms with van der Waals surface area (Å²) in [5, 5.41) is 2.85. The van der Waals surface area contributed by atoms with Crippen LogP contribution in [0.5, 0.6) is 5.75 Å². The van der Waals surface area contributed by atoms with Crippen molar-refractivity contribution in [3.63, 3.8) is 0 Å². The van der Waals surface area contributed by atoms with Crippen molar-refractivity contribution in [3.05, 3.63) is 77.9 Å². The molecule has 1 unspecified atom stereocenters. The standard InChI is InChI=1S/C20H21NO4/c1-4-25-20(23)14(2)18(15-10-12-17(24-3)13-11-15)21-19(22)16-8-6-5-7-9-16/h5-13,18H,2,4H2,1,3H3,(H,21,22). The third kappa shape index (κ3) is 4.70. The Kier molecular flexibility index (Phi) is 6.34. The fourth-order valence-electron chi connectivity index (χ4n) is 2.31. The molecular weight excluding hydrogens is 318 g/mol. The molecule has 0 spiro atoms. The number of ether oxygens (including phenoxy) is 2. The number of benzene rings is 2. The highest BCUT2D eigenvalue weighted by Crippen LogP contribution is 2.24. The van der Waals surface area contributed by atoms with Crippen molar-refractivity contribution in [1.29, 1.82) is 0 Å². The van der Waals surface area contributed by atoms with Gasteiger partial charge in [0.2, 0.25) is 0 Å². The zero-order valence-corrected chi connectivity index (χ0v) is 14.3. The average Bonchev–Trinajstić information content (AvgIpc) is 2.66. The number of methoxy groups -OCH3 is 1. The summed E-state index contributed by atoms with van der Waals surface area (Å²) in [6.07, 6.45) is 0. The van der Waals surface area contributed by atoms with Gasteiger partial charge in [-0.05, 0) is 36.8 Å². The number of esters is 1. The average molecular weight is 339 g/mol. The molecule has 0 radical (unpaired) electrons. The van der Waals surface area contributed by atoms with E-state index in [-0.39, 0.29) is 18.1 Å². The molecule has 0 bridgehead atoms. The van der Waals surface area contributed by atoms with E-state index in [1.165, 1.54) is 0 Å². The second-order valence-electron chi connectivity index (χ2n) is 5.29. The van der Waals surface area contributed by atoms with E-state index in [2.05, 4.69) is 11.9 Å². The van der Waals surface area contributed by atoms with Gasteiger partial charge in [-0.15, -0.1) is 0 Å². The molecule has 0 heterocycles. The van der Waals surface area contributed by atoms with Crippen molar-refractivity contribution < 1.29 is 19.1 Å². The molecule has 5 heteroatoms. The predicted octanol–water partition coefficient (Wildman–Crippen LogP) is 3.29. The quantitative estimate of drug-likeness (QED) is 0.621. The van der Waals surface area contributed by atoms with Gasteiger partial charge in [0.1, 0.15) is 5.75 Å². The second-order valence-corrected chi connectivity index (χ2v) is 5.29. The Hall–Kier alpha value is -3.08. The molecule has 2 aromatic rings. The summed E-state index contributed by atoms with van der Waals surface area (Å²) in [5.74, 6) is -0.165. The molecule has 1 atom stereocenters. The number of hydrogen-bond acceptors (Lipinski definition) is 4. The first-order chi connectivity index (χ1) is 12.1. The number of rotatable bonds is 7. The lowest BCUT2D eigenvalue weighted by molar-refractivity contribution is -0.138. The summed E-state index contributed by atoms with van der Waals surface area (Å²) in [4.78, 5) is 24.6. The highest BCUT2D eigenvalue weighted by Gasteiger charge is 2.24. The van der Waals surface area contributed by atoms with Crippen molar-refractivity contribution in [3.8, 4) is 5.75 Å². The molecule has 1 amide bonds. The van der Waals surface area contributed by atoms with E-state index >= 15 is 0 Å². The van der Waals surface area contributed by atoms with Gasteiger partial charge in [0.15, 0.2) is 0 Å². The van der Waals surface area contributed by atoms with Gasteiger partial charge in [-0.3, -0.25) is 4.79 Å². The van der Waals surface area contributed by atoms with Gasteiger partial charge in [0.05, 0.1) is 25.3 Å². The normalized spacial score (nSPS) is 11.3. The van der Waals surface area contributed by atoms with Crippen LogP contribution in [-0.2, 0) is 9.53 Å². The van der Waals surface area contributed by atoms with Crippen LogP contribution in [0.2, 0.25) is 0 Å². The summed E-state index contributed by atoms with van der Waals surface area (Å²) in [7, 11) is 1.57. The van der Waals surface area contributed by atoms with Crippen LogP contribution >= 0.6 is 0 Å². The van der Waals surface area contributed by atoms with Gasteiger partial charge in [-0.2, -0.15) is 0 Å². The molecule has 0 saturated carbocycles. The molecular formula is C20H21NO4. The van der Waals surface area contributed by atoms with Crippen LogP contribution in [0, 0.1) is 0 Å². The van der Waals surface area contributed by atoms with Crippen molar-refractivity contribution in [1.82, 2.24) is 5.32 Å². The maximum atomic E-state index is 12.5. The first kappa shape index (κ1) is 18.3. The molecule has 0 aliphatic heterocycles. The van der Waals surface area contributed by atoms with Crippen LogP contribution in [0.1, 0.15) is 28.9 Å². The van der Waals surface area contributed by atoms with Crippen LogP contribution in [0.3, 0.4) is 0 Å². The SMILES string of the molecule is C=C(C(=O)OCC)C(NC(=O)c1ccccc1)c1ccc(OC)cc1. The van der Waals surface area contributed by atoms with Crippen molar-refractivity contribution in [2.45, 2.75) is 13.0 Å². The van der Waals surface area contributed by atoms with Gasteiger partial charge in [0, 0.05) is 5.56 Å². The molecule has 2 aromatic carbocycles. The van der Waals surface area contributed by atoms with E-state index < -0.39 is 12.0 Å². The van der Waals surface area contributed by atoms with Gasteiger partial charge >= 0.3 is 5.97 Å². The molecule has 2 rings (SSSR count). The van der Waals surface area contributed by atoms with Gasteiger partial charge in [-0.1, -0.05) is 36.9 Å². The Morgan fingerprint density at radius 2 is 1.72 bits per heavy atom. The Morgan fingerprint density at radius 3 is 2.28 bits per heavy atom. The zero-order chi connectivity index (χ0) is 18.2. The van der Waals surface area contributed by atoms with Crippen molar-refractivity contribution >= 4 is 11.9 Å². The first-order valence-corrected chi connectivity index (χ1v) is 7.92. The summed E-state index contributed by atoms with van der Waals surface area (Å²) in [5.41, 5.74) is 1.37. The van der Waals surface area contributed by atoms with Crippen LogP contribution < -0.4 is 10.1 Å². The smallest absolute Gasteiger partial charge is 0.335 e. The molecule has 0 saturated heterocycles. The molecule has 0 fully saturated rings. The maximum absolute atomic E-state index is 12.5. The highest BCUT2D eigenvalue weighted by atomic mass is 16.5. The number of amides is 1. The molecule has 0 aliphatic rings. The van der Waals surface area contributed by atoms with Crippen molar-refractivity contribution in [2.24, 2.45) is 0 Å². The molecule has 0 aromatic heterocycles. The van der Waals surface area contributed by atoms with Crippen LogP contribution in [0.4, 0.5) is 0 Å². The monoisotopic (exact) mass is 339 g/mol. The number of nitrogens with one attached hydrogen (secondary N) is 1. The summed E-state index contributed by atoms with van der Waals surface area (Å²) < 4.78 is 10.2. The minimum Gasteiger partial charge on any atom is -0.497 e. The fraction of sp³-hybridized carbons (Fsp3) is 0.200. The third-order valence-corrected chi connectivity index (χ3v) is 3.65. The highest BCUT2D eigenvalue weighted by molar-refractivity contribution is 5.96. The van der Waals surface area contributed by atoms with Crippen molar-refractivity contribution in [2.75, 3.05) is 13.7 Å². The van der Waals surface area contributed by atoms with Crippen LogP contribution in [0.15, 0.2) is 66.7 Å². The second kappa shape index (κ2) is 8.68. The predicted molar refractivity (Wildman–Crippen MR) is 95.4 cm³/mol. The van der Waals surface area contributed by atoms with E-state index in [1.807, 2.05) is 6.07 Å². The Bertz CT molecular complexity index is 738. The summed E-state index contributed by atoms with van der Waals surface area (Å²) >= 11 is 0. The molecule has 0 aliphatic carbocycles.